The van der Waals surface area contributed by atoms with Gasteiger partial charge in [0.05, 0.1) is 13.2 Å². The zero-order valence-corrected chi connectivity index (χ0v) is 43.4. The number of aromatic amines is 1. The summed E-state index contributed by atoms with van der Waals surface area (Å²) < 4.78 is 5.33. The lowest BCUT2D eigenvalue weighted by atomic mass is 9.83. The summed E-state index contributed by atoms with van der Waals surface area (Å²) in [5, 5.41) is 14.2. The van der Waals surface area contributed by atoms with Crippen LogP contribution in [-0.4, -0.2) is 127 Å². The Morgan fingerprint density at radius 3 is 2.07 bits per heavy atom. The number of benzene rings is 2. The number of methoxy groups -OCH3 is 1. The molecule has 1 aromatic heterocycles. The van der Waals surface area contributed by atoms with Gasteiger partial charge in [0.15, 0.2) is 17.7 Å². The molecule has 0 radical (unpaired) electrons. The van der Waals surface area contributed by atoms with E-state index < -0.39 is 95.5 Å². The Labute approximate surface area is 441 Å². The van der Waals surface area contributed by atoms with Crippen LogP contribution in [-0.2, 0) is 56.0 Å². The molecule has 18 N–H and O–H groups in total. The van der Waals surface area contributed by atoms with E-state index in [9.17, 15) is 43.2 Å². The first kappa shape index (κ1) is 60.7. The van der Waals surface area contributed by atoms with Crippen molar-refractivity contribution in [3.8, 4) is 5.75 Å². The normalized spacial score (nSPS) is 21.2. The lowest BCUT2D eigenvalue weighted by Gasteiger charge is -2.27. The van der Waals surface area contributed by atoms with Crippen LogP contribution in [0.1, 0.15) is 102 Å². The highest BCUT2D eigenvalue weighted by Gasteiger charge is 2.35. The Hall–Kier alpha value is -7.89. The van der Waals surface area contributed by atoms with Crippen molar-refractivity contribution in [1.82, 2.24) is 31.6 Å². The number of nitrogens with zero attached hydrogens (tertiary/aromatic N) is 2. The van der Waals surface area contributed by atoms with Crippen LogP contribution < -0.4 is 65.7 Å². The van der Waals surface area contributed by atoms with Crippen LogP contribution in [0.25, 0.3) is 10.9 Å². The molecule has 7 atom stereocenters. The highest BCUT2D eigenvalue weighted by Crippen LogP contribution is 2.27. The molecule has 24 heteroatoms. The summed E-state index contributed by atoms with van der Waals surface area (Å²) >= 11 is 0. The van der Waals surface area contributed by atoms with Gasteiger partial charge in [0.25, 0.3) is 0 Å². The molecule has 76 heavy (non-hydrogen) atoms. The molecule has 1 aliphatic rings. The molecule has 2 heterocycles. The number of hydrogen-bond acceptors (Lipinski definition) is 13. The van der Waals surface area contributed by atoms with E-state index in [0.717, 1.165) is 16.5 Å². The Morgan fingerprint density at radius 1 is 0.737 bits per heavy atom. The number of fused-ring (bicyclic) bond motifs is 1. The number of H-pyrrole nitrogens is 1. The molecule has 6 amide bonds. The number of aromatic nitrogens is 1. The molecule has 0 unspecified atom stereocenters. The SMILES string of the molecule is COc1ccc(C[C@H]2NC(=O)[C@H](CCN)NC(=O)[C@@H](NC(=O)[C@H](CCCN=C(N)N)NC(C)=O)CCC(=O)CCCC[C@@H](C(N)=O)NC(=O)[C@H](Cc3c[nH]c4ccccc34)CC(=O)[C@H](CCCN=C(N)N)CC2=O)cc1. The molecule has 0 saturated carbocycles. The summed E-state index contributed by atoms with van der Waals surface area (Å²) in [4.78, 5) is 136. The molecular formula is C52H76N14O10. The van der Waals surface area contributed by atoms with E-state index in [4.69, 9.17) is 39.1 Å². The third-order valence-corrected chi connectivity index (χ3v) is 13.1. The minimum absolute atomic E-state index is 0.00883. The number of ketones is 3. The summed E-state index contributed by atoms with van der Waals surface area (Å²) in [6.45, 7) is 1.36. The van der Waals surface area contributed by atoms with Crippen LogP contribution in [0.3, 0.4) is 0 Å². The van der Waals surface area contributed by atoms with E-state index >= 15 is 0 Å². The van der Waals surface area contributed by atoms with Crippen LogP contribution >= 0.6 is 0 Å². The van der Waals surface area contributed by atoms with Crippen molar-refractivity contribution in [1.29, 1.82) is 0 Å². The van der Waals surface area contributed by atoms with Gasteiger partial charge >= 0.3 is 0 Å². The fourth-order valence-electron chi connectivity index (χ4n) is 9.00. The summed E-state index contributed by atoms with van der Waals surface area (Å²) in [6, 6.07) is 7.78. The second kappa shape index (κ2) is 31.1. The minimum atomic E-state index is -1.42. The van der Waals surface area contributed by atoms with Crippen molar-refractivity contribution in [2.24, 2.45) is 56.2 Å². The maximum absolute atomic E-state index is 14.8. The van der Waals surface area contributed by atoms with Gasteiger partial charge in [-0.25, -0.2) is 0 Å². The Bertz CT molecular complexity index is 2540. The van der Waals surface area contributed by atoms with Crippen molar-refractivity contribution in [3.05, 3.63) is 65.9 Å². The van der Waals surface area contributed by atoms with Gasteiger partial charge in [-0.15, -0.1) is 0 Å². The number of nitrogens with one attached hydrogen (secondary N) is 6. The van der Waals surface area contributed by atoms with Gasteiger partial charge in [-0.1, -0.05) is 36.8 Å². The number of rotatable bonds is 19. The predicted molar refractivity (Wildman–Crippen MR) is 286 cm³/mol. The van der Waals surface area contributed by atoms with E-state index in [1.807, 2.05) is 24.3 Å². The zero-order valence-electron chi connectivity index (χ0n) is 43.4. The lowest BCUT2D eigenvalue weighted by molar-refractivity contribution is -0.135. The number of ether oxygens (including phenoxy) is 1. The fraction of sp³-hybridized carbons (Fsp3) is 0.519. The summed E-state index contributed by atoms with van der Waals surface area (Å²) in [5.41, 5.74) is 36.0. The van der Waals surface area contributed by atoms with Crippen molar-refractivity contribution in [3.63, 3.8) is 0 Å². The standard InChI is InChI=1S/C52H76N14O10/c1-30(67)62-40(14-8-24-60-52(57)58)48(73)64-41-20-17-35(68)10-3-5-13-39(46(54)71)63-47(72)33(26-34-29-61-38-12-6-4-11-37(34)38)28-44(69)32(9-7-23-59-51(55)56)27-45(70)43(25-31-15-18-36(76-2)19-16-31)66-50(75)42(21-22-53)65-49(41)74/h4,6,11-12,15-16,18-19,29,32-33,39-43,61H,3,5,7-10,13-14,17,20-28,53H2,1-2H3,(H2,54,71)(H,62,67)(H,63,72)(H,64,73)(H,65,74)(H,66,75)(H4,55,56,59)(H4,57,58,60)/t32-,33-,39+,40+,41+,42+,43-/m1/s1. The number of primary amides is 1. The monoisotopic (exact) mass is 1060 g/mol. The molecule has 3 aromatic rings. The number of para-hydroxylation sites is 1. The van der Waals surface area contributed by atoms with Crippen LogP contribution in [0.2, 0.25) is 0 Å². The maximum atomic E-state index is 14.8. The summed E-state index contributed by atoms with van der Waals surface area (Å²) in [6.07, 6.45) is 1.67. The van der Waals surface area contributed by atoms with Gasteiger partial charge in [0.2, 0.25) is 35.4 Å². The highest BCUT2D eigenvalue weighted by molar-refractivity contribution is 5.98. The molecule has 414 valence electrons. The third-order valence-electron chi connectivity index (χ3n) is 13.1. The fourth-order valence-corrected chi connectivity index (χ4v) is 9.00. The lowest BCUT2D eigenvalue weighted by Crippen LogP contribution is -2.58. The smallest absolute Gasteiger partial charge is 0.243 e. The van der Waals surface area contributed by atoms with Crippen molar-refractivity contribution >= 4 is 75.6 Å². The number of nitrogens with two attached hydrogens (primary N) is 6. The van der Waals surface area contributed by atoms with E-state index in [-0.39, 0.29) is 127 Å². The first-order valence-corrected chi connectivity index (χ1v) is 25.6. The van der Waals surface area contributed by atoms with Gasteiger partial charge in [-0.3, -0.25) is 53.1 Å². The van der Waals surface area contributed by atoms with Crippen LogP contribution in [0.5, 0.6) is 5.75 Å². The van der Waals surface area contributed by atoms with E-state index in [1.54, 1.807) is 30.5 Å². The Balaban J connectivity index is 1.78. The molecule has 1 fully saturated rings. The highest BCUT2D eigenvalue weighted by atomic mass is 16.5. The Morgan fingerprint density at radius 2 is 1.41 bits per heavy atom. The summed E-state index contributed by atoms with van der Waals surface area (Å²) in [7, 11) is 1.49. The first-order valence-electron chi connectivity index (χ1n) is 25.6. The molecule has 24 nitrogen and oxygen atoms in total. The topological polar surface area (TPSA) is 420 Å². The molecule has 2 aromatic carbocycles. The van der Waals surface area contributed by atoms with Gasteiger partial charge < -0.3 is 70.7 Å². The molecule has 1 aliphatic heterocycles. The number of amides is 6. The van der Waals surface area contributed by atoms with Crippen LogP contribution in [0, 0.1) is 11.8 Å². The largest absolute Gasteiger partial charge is 0.497 e. The van der Waals surface area contributed by atoms with E-state index in [0.29, 0.717) is 11.3 Å². The van der Waals surface area contributed by atoms with Gasteiger partial charge in [-0.2, -0.15) is 0 Å². The second-order valence-electron chi connectivity index (χ2n) is 19.0. The molecule has 4 rings (SSSR count). The average Bonchev–Trinajstić information content (AvgIpc) is 3.79. The number of carbonyl (C=O) groups is 9. The minimum Gasteiger partial charge on any atom is -0.497 e. The average molecular weight is 1060 g/mol. The van der Waals surface area contributed by atoms with Crippen LogP contribution in [0.4, 0.5) is 0 Å². The Kier molecular flexibility index (Phi) is 24.8. The van der Waals surface area contributed by atoms with Crippen molar-refractivity contribution in [2.75, 3.05) is 26.7 Å². The first-order chi connectivity index (χ1) is 36.3. The van der Waals surface area contributed by atoms with Gasteiger partial charge in [0.1, 0.15) is 41.5 Å². The molecule has 0 bridgehead atoms. The number of guanidine groups is 2. The number of hydrogen-bond donors (Lipinski definition) is 12. The quantitative estimate of drug-likeness (QED) is 0.0406. The number of aliphatic imine (C=N–C) groups is 2. The number of carbonyl (C=O) groups excluding carboxylic acids is 9. The third kappa shape index (κ3) is 20.4. The zero-order chi connectivity index (χ0) is 55.7. The van der Waals surface area contributed by atoms with Crippen molar-refractivity contribution in [2.45, 2.75) is 133 Å². The van der Waals surface area contributed by atoms with Crippen molar-refractivity contribution < 1.29 is 47.9 Å². The van der Waals surface area contributed by atoms with E-state index in [2.05, 4.69) is 41.6 Å². The van der Waals surface area contributed by atoms with Gasteiger partial charge in [0, 0.05) is 74.6 Å². The molecule has 0 spiro atoms. The van der Waals surface area contributed by atoms with E-state index in [1.165, 1.54) is 14.0 Å². The number of Topliss-reactive ketones (excluding diaryl/α,β-unsaturated/α-hetero) is 3. The molecule has 0 aliphatic carbocycles. The summed E-state index contributed by atoms with van der Waals surface area (Å²) in [5.74, 6) is -7.61. The van der Waals surface area contributed by atoms with Crippen LogP contribution in [0.15, 0.2) is 64.7 Å². The maximum Gasteiger partial charge on any atom is 0.243 e. The molecule has 1 saturated heterocycles. The predicted octanol–water partition coefficient (Wildman–Crippen LogP) is -0.579. The van der Waals surface area contributed by atoms with Gasteiger partial charge in [-0.05, 0) is 100 Å². The molecular weight excluding hydrogens is 981 g/mol. The second-order valence-corrected chi connectivity index (χ2v) is 19.0.